The van der Waals surface area contributed by atoms with Crippen molar-refractivity contribution in [3.63, 3.8) is 0 Å². The molecule has 0 bridgehead atoms. The van der Waals surface area contributed by atoms with Crippen molar-refractivity contribution in [3.05, 3.63) is 65.9 Å². The molecular weight excluding hydrogens is 428 g/mol. The number of hydrogen-bond acceptors (Lipinski definition) is 8. The summed E-state index contributed by atoms with van der Waals surface area (Å²) in [5, 5.41) is 4.21. The van der Waals surface area contributed by atoms with E-state index in [1.165, 1.54) is 0 Å². The van der Waals surface area contributed by atoms with Gasteiger partial charge in [-0.05, 0) is 48.7 Å². The first-order valence-corrected chi connectivity index (χ1v) is 11.3. The molecule has 4 aromatic heterocycles. The molecule has 5 aromatic rings. The maximum Gasteiger partial charge on any atom is 0.192 e. The second-order valence-corrected chi connectivity index (χ2v) is 8.67. The topological polar surface area (TPSA) is 98.9 Å². The molecule has 0 fully saturated rings. The number of oxazole rings is 1. The van der Waals surface area contributed by atoms with Crippen LogP contribution < -0.4 is 5.32 Å². The fourth-order valence-corrected chi connectivity index (χ4v) is 3.74. The minimum Gasteiger partial charge on any atom is -0.441 e. The highest BCUT2D eigenvalue weighted by molar-refractivity contribution is 5.91. The first-order chi connectivity index (χ1) is 16.5. The Balaban J connectivity index is 1.56. The zero-order valence-corrected chi connectivity index (χ0v) is 19.7. The van der Waals surface area contributed by atoms with E-state index >= 15 is 0 Å². The average molecular weight is 455 g/mol. The van der Waals surface area contributed by atoms with Crippen molar-refractivity contribution in [1.29, 1.82) is 0 Å². The Kier molecular flexibility index (Phi) is 5.90. The van der Waals surface area contributed by atoms with Gasteiger partial charge < -0.3 is 14.5 Å². The summed E-state index contributed by atoms with van der Waals surface area (Å²) >= 11 is 0. The molecule has 1 N–H and O–H groups in total. The van der Waals surface area contributed by atoms with Crippen LogP contribution in [-0.2, 0) is 11.3 Å². The molecule has 0 spiro atoms. The highest BCUT2D eigenvalue weighted by Crippen LogP contribution is 2.28. The molecule has 5 rings (SSSR count). The Morgan fingerprint density at radius 1 is 1.00 bits per heavy atom. The second kappa shape index (κ2) is 9.15. The van der Waals surface area contributed by atoms with Gasteiger partial charge in [0.05, 0.1) is 16.8 Å². The molecule has 0 saturated carbocycles. The quantitative estimate of drug-likeness (QED) is 0.331. The van der Waals surface area contributed by atoms with Crippen molar-refractivity contribution in [2.75, 3.05) is 11.9 Å². The van der Waals surface area contributed by atoms with Crippen LogP contribution in [-0.4, -0.2) is 31.5 Å². The number of nitrogens with one attached hydrogen (secondary N) is 1. The van der Waals surface area contributed by atoms with E-state index in [9.17, 15) is 0 Å². The molecule has 0 atom stereocenters. The maximum atomic E-state index is 5.81. The Labute approximate surface area is 197 Å². The Hall–Kier alpha value is -3.91. The second-order valence-electron chi connectivity index (χ2n) is 8.67. The van der Waals surface area contributed by atoms with Crippen molar-refractivity contribution in [3.8, 4) is 11.4 Å². The Morgan fingerprint density at radius 2 is 1.88 bits per heavy atom. The van der Waals surface area contributed by atoms with E-state index in [4.69, 9.17) is 24.1 Å². The van der Waals surface area contributed by atoms with Gasteiger partial charge >= 0.3 is 0 Å². The molecule has 0 amide bonds. The summed E-state index contributed by atoms with van der Waals surface area (Å²) in [5.74, 6) is 2.27. The van der Waals surface area contributed by atoms with Crippen molar-refractivity contribution in [2.24, 2.45) is 5.92 Å². The SMILES string of the molecule is Cc1nc2ccc(Nc3nc(COCC(C)C)nc4nc(-c5ncccc5C)ccc34)cc2o1. The molecule has 8 nitrogen and oxygen atoms in total. The smallest absolute Gasteiger partial charge is 0.192 e. The van der Waals surface area contributed by atoms with Gasteiger partial charge in [-0.15, -0.1) is 0 Å². The summed E-state index contributed by atoms with van der Waals surface area (Å²) < 4.78 is 11.5. The first-order valence-electron chi connectivity index (χ1n) is 11.3. The molecule has 172 valence electrons. The number of pyridine rings is 2. The summed E-state index contributed by atoms with van der Waals surface area (Å²) in [5.41, 5.74) is 5.60. The van der Waals surface area contributed by atoms with E-state index in [1.807, 2.05) is 56.3 Å². The third kappa shape index (κ3) is 4.58. The van der Waals surface area contributed by atoms with Crippen molar-refractivity contribution < 1.29 is 9.15 Å². The van der Waals surface area contributed by atoms with Crippen LogP contribution in [0, 0.1) is 19.8 Å². The number of hydrogen-bond donors (Lipinski definition) is 1. The molecule has 8 heteroatoms. The number of nitrogens with zero attached hydrogens (tertiary/aromatic N) is 5. The lowest BCUT2D eigenvalue weighted by Gasteiger charge is -2.12. The predicted molar refractivity (Wildman–Crippen MR) is 132 cm³/mol. The molecule has 34 heavy (non-hydrogen) atoms. The predicted octanol–water partition coefficient (Wildman–Crippen LogP) is 5.76. The largest absolute Gasteiger partial charge is 0.441 e. The van der Waals surface area contributed by atoms with Gasteiger partial charge in [0.2, 0.25) is 0 Å². The van der Waals surface area contributed by atoms with E-state index in [2.05, 4.69) is 29.1 Å². The van der Waals surface area contributed by atoms with Crippen molar-refractivity contribution >= 4 is 33.6 Å². The summed E-state index contributed by atoms with van der Waals surface area (Å²) in [4.78, 5) is 23.1. The lowest BCUT2D eigenvalue weighted by Crippen LogP contribution is -2.07. The molecule has 1 aromatic carbocycles. The molecule has 0 aliphatic heterocycles. The standard InChI is InChI=1S/C26H26N6O2/c1-15(2)13-33-14-23-31-25(29-18-7-9-20-22(12-18)34-17(4)28-20)19-8-10-21(30-26(19)32-23)24-16(3)6-5-11-27-24/h5-12,15H,13-14H2,1-4H3,(H,29,30,31,32). The summed E-state index contributed by atoms with van der Waals surface area (Å²) in [7, 11) is 0. The molecule has 0 radical (unpaired) electrons. The van der Waals surface area contributed by atoms with E-state index in [1.54, 1.807) is 6.20 Å². The number of anilines is 2. The van der Waals surface area contributed by atoms with Crippen LogP contribution in [0.25, 0.3) is 33.5 Å². The Morgan fingerprint density at radius 3 is 2.71 bits per heavy atom. The molecule has 0 aliphatic carbocycles. The summed E-state index contributed by atoms with van der Waals surface area (Å²) in [6.07, 6.45) is 1.77. The van der Waals surface area contributed by atoms with Gasteiger partial charge in [0.25, 0.3) is 0 Å². The number of benzene rings is 1. The van der Waals surface area contributed by atoms with Gasteiger partial charge in [-0.25, -0.2) is 19.9 Å². The minimum atomic E-state index is 0.303. The van der Waals surface area contributed by atoms with Gasteiger partial charge in [0.15, 0.2) is 22.9 Å². The molecule has 0 saturated heterocycles. The van der Waals surface area contributed by atoms with Gasteiger partial charge in [0, 0.05) is 31.5 Å². The number of ether oxygens (including phenoxy) is 1. The molecular formula is C26H26N6O2. The van der Waals surface area contributed by atoms with Gasteiger partial charge in [-0.1, -0.05) is 19.9 Å². The Bertz CT molecular complexity index is 1480. The lowest BCUT2D eigenvalue weighted by molar-refractivity contribution is 0.0925. The van der Waals surface area contributed by atoms with Crippen molar-refractivity contribution in [1.82, 2.24) is 24.9 Å². The minimum absolute atomic E-state index is 0.303. The molecule has 0 unspecified atom stereocenters. The van der Waals surface area contributed by atoms with Gasteiger partial charge in [-0.3, -0.25) is 4.98 Å². The normalized spacial score (nSPS) is 11.6. The fourth-order valence-electron chi connectivity index (χ4n) is 3.74. The van der Waals surface area contributed by atoms with Crippen LogP contribution in [0.15, 0.2) is 53.1 Å². The molecule has 0 aliphatic rings. The number of fused-ring (bicyclic) bond motifs is 2. The molecule has 4 heterocycles. The monoisotopic (exact) mass is 454 g/mol. The fraction of sp³-hybridized carbons (Fsp3) is 0.269. The van der Waals surface area contributed by atoms with Crippen LogP contribution in [0.1, 0.15) is 31.1 Å². The van der Waals surface area contributed by atoms with E-state index in [0.717, 1.165) is 33.5 Å². The van der Waals surface area contributed by atoms with Gasteiger partial charge in [0.1, 0.15) is 17.9 Å². The number of aryl methyl sites for hydroxylation is 2. The van der Waals surface area contributed by atoms with Crippen LogP contribution >= 0.6 is 0 Å². The van der Waals surface area contributed by atoms with Gasteiger partial charge in [-0.2, -0.15) is 0 Å². The summed E-state index contributed by atoms with van der Waals surface area (Å²) in [6, 6.07) is 13.6. The van der Waals surface area contributed by atoms with Crippen LogP contribution in [0.4, 0.5) is 11.5 Å². The third-order valence-electron chi connectivity index (χ3n) is 5.30. The van der Waals surface area contributed by atoms with E-state index in [-0.39, 0.29) is 0 Å². The highest BCUT2D eigenvalue weighted by atomic mass is 16.5. The number of rotatable bonds is 7. The first kappa shape index (κ1) is 21.9. The number of aromatic nitrogens is 5. The average Bonchev–Trinajstić information content (AvgIpc) is 3.18. The van der Waals surface area contributed by atoms with Crippen LogP contribution in [0.3, 0.4) is 0 Å². The van der Waals surface area contributed by atoms with Crippen molar-refractivity contribution in [2.45, 2.75) is 34.3 Å². The van der Waals surface area contributed by atoms with Crippen LogP contribution in [0.2, 0.25) is 0 Å². The third-order valence-corrected chi connectivity index (χ3v) is 5.30. The highest BCUT2D eigenvalue weighted by Gasteiger charge is 2.14. The maximum absolute atomic E-state index is 5.81. The van der Waals surface area contributed by atoms with E-state index in [0.29, 0.717) is 47.9 Å². The van der Waals surface area contributed by atoms with Crippen LogP contribution in [0.5, 0.6) is 0 Å². The zero-order chi connectivity index (χ0) is 23.7. The summed E-state index contributed by atoms with van der Waals surface area (Å²) in [6.45, 7) is 9.01. The van der Waals surface area contributed by atoms with E-state index < -0.39 is 0 Å². The lowest BCUT2D eigenvalue weighted by atomic mass is 10.1. The zero-order valence-electron chi connectivity index (χ0n) is 19.7.